The van der Waals surface area contributed by atoms with Gasteiger partial charge in [0.25, 0.3) is 0 Å². The molecule has 0 amide bonds. The molecule has 1 saturated heterocycles. The predicted octanol–water partition coefficient (Wildman–Crippen LogP) is 2.63. The van der Waals surface area contributed by atoms with Crippen molar-refractivity contribution in [3.05, 3.63) is 22.7 Å². The Labute approximate surface area is 97.5 Å². The van der Waals surface area contributed by atoms with E-state index in [0.29, 0.717) is 6.61 Å². The summed E-state index contributed by atoms with van der Waals surface area (Å²) in [6.45, 7) is 1.47. The van der Waals surface area contributed by atoms with Crippen LogP contribution in [0.1, 0.15) is 6.42 Å². The van der Waals surface area contributed by atoms with Gasteiger partial charge in [-0.3, -0.25) is 0 Å². The van der Waals surface area contributed by atoms with Gasteiger partial charge in [0, 0.05) is 12.5 Å². The Kier molecular flexibility index (Phi) is 3.49. The van der Waals surface area contributed by atoms with Gasteiger partial charge in [0.15, 0.2) is 0 Å². The molecular weight excluding hydrogens is 260 g/mol. The molecule has 3 nitrogen and oxygen atoms in total. The van der Waals surface area contributed by atoms with Gasteiger partial charge in [0.1, 0.15) is 17.6 Å². The first-order chi connectivity index (χ1) is 7.29. The summed E-state index contributed by atoms with van der Waals surface area (Å²) in [5.41, 5.74) is 0. The predicted molar refractivity (Wildman–Crippen MR) is 60.5 cm³/mol. The average molecular weight is 273 g/mol. The van der Waals surface area contributed by atoms with E-state index in [-0.39, 0.29) is 6.10 Å². The number of rotatable bonds is 3. The molecular formula is C11H13BrO3. The van der Waals surface area contributed by atoms with Crippen molar-refractivity contribution in [3.8, 4) is 11.5 Å². The van der Waals surface area contributed by atoms with Gasteiger partial charge in [-0.15, -0.1) is 0 Å². The highest BCUT2D eigenvalue weighted by atomic mass is 79.9. The Balaban J connectivity index is 2.07. The number of benzene rings is 1. The van der Waals surface area contributed by atoms with Crippen LogP contribution in [0.3, 0.4) is 0 Å². The van der Waals surface area contributed by atoms with Crippen molar-refractivity contribution >= 4 is 15.9 Å². The standard InChI is InChI=1S/C11H13BrO3/c1-13-11-6-8(2-3-10(11)12)15-9-4-5-14-7-9/h2-3,6,9H,4-5,7H2,1H3/t9-/m0/s1. The van der Waals surface area contributed by atoms with Gasteiger partial charge in [-0.25, -0.2) is 0 Å². The fraction of sp³-hybridized carbons (Fsp3) is 0.455. The molecule has 4 heteroatoms. The van der Waals surface area contributed by atoms with E-state index in [0.717, 1.165) is 29.0 Å². The summed E-state index contributed by atoms with van der Waals surface area (Å²) >= 11 is 3.40. The molecule has 1 aliphatic heterocycles. The first kappa shape index (κ1) is 10.8. The summed E-state index contributed by atoms with van der Waals surface area (Å²) in [5.74, 6) is 1.61. The third-order valence-electron chi connectivity index (χ3n) is 2.31. The van der Waals surface area contributed by atoms with Crippen molar-refractivity contribution in [1.29, 1.82) is 0 Å². The highest BCUT2D eigenvalue weighted by molar-refractivity contribution is 9.10. The van der Waals surface area contributed by atoms with E-state index < -0.39 is 0 Å². The molecule has 1 heterocycles. The Morgan fingerprint density at radius 1 is 1.47 bits per heavy atom. The number of hydrogen-bond acceptors (Lipinski definition) is 3. The van der Waals surface area contributed by atoms with Crippen LogP contribution in [0.15, 0.2) is 22.7 Å². The topological polar surface area (TPSA) is 27.7 Å². The van der Waals surface area contributed by atoms with E-state index in [1.54, 1.807) is 7.11 Å². The van der Waals surface area contributed by atoms with Gasteiger partial charge in [-0.05, 0) is 28.1 Å². The smallest absolute Gasteiger partial charge is 0.136 e. The minimum absolute atomic E-state index is 0.177. The van der Waals surface area contributed by atoms with Crippen LogP contribution in [0, 0.1) is 0 Å². The minimum Gasteiger partial charge on any atom is -0.495 e. The van der Waals surface area contributed by atoms with E-state index in [9.17, 15) is 0 Å². The van der Waals surface area contributed by atoms with Gasteiger partial charge in [0.05, 0.1) is 24.8 Å². The SMILES string of the molecule is COc1cc(O[C@H]2CCOC2)ccc1Br. The lowest BCUT2D eigenvalue weighted by molar-refractivity contribution is 0.141. The van der Waals surface area contributed by atoms with Crippen LogP contribution >= 0.6 is 15.9 Å². The van der Waals surface area contributed by atoms with Gasteiger partial charge >= 0.3 is 0 Å². The van der Waals surface area contributed by atoms with Gasteiger partial charge < -0.3 is 14.2 Å². The highest BCUT2D eigenvalue weighted by Gasteiger charge is 2.17. The van der Waals surface area contributed by atoms with Gasteiger partial charge in [-0.1, -0.05) is 0 Å². The van der Waals surface area contributed by atoms with Crippen molar-refractivity contribution in [3.63, 3.8) is 0 Å². The third kappa shape index (κ3) is 2.63. The first-order valence-electron chi connectivity index (χ1n) is 4.87. The van der Waals surface area contributed by atoms with Crippen LogP contribution in [-0.4, -0.2) is 26.4 Å². The maximum absolute atomic E-state index is 5.75. The fourth-order valence-electron chi connectivity index (χ4n) is 1.51. The zero-order chi connectivity index (χ0) is 10.7. The summed E-state index contributed by atoms with van der Waals surface area (Å²) in [5, 5.41) is 0. The largest absolute Gasteiger partial charge is 0.495 e. The maximum atomic E-state index is 5.75. The second-order valence-corrected chi connectivity index (χ2v) is 4.25. The summed E-state index contributed by atoms with van der Waals surface area (Å²) in [7, 11) is 1.64. The second-order valence-electron chi connectivity index (χ2n) is 3.40. The molecule has 0 saturated carbocycles. The molecule has 0 aromatic heterocycles. The lowest BCUT2D eigenvalue weighted by Crippen LogP contribution is -2.15. The van der Waals surface area contributed by atoms with Crippen LogP contribution < -0.4 is 9.47 Å². The van der Waals surface area contributed by atoms with Crippen LogP contribution in [0.5, 0.6) is 11.5 Å². The van der Waals surface area contributed by atoms with Crippen molar-refractivity contribution in [2.45, 2.75) is 12.5 Å². The Morgan fingerprint density at radius 3 is 3.00 bits per heavy atom. The minimum atomic E-state index is 0.177. The lowest BCUT2D eigenvalue weighted by Gasteiger charge is -2.13. The molecule has 0 aliphatic carbocycles. The fourth-order valence-corrected chi connectivity index (χ4v) is 1.92. The van der Waals surface area contributed by atoms with Gasteiger partial charge in [-0.2, -0.15) is 0 Å². The zero-order valence-corrected chi connectivity index (χ0v) is 10.1. The molecule has 1 aliphatic rings. The van der Waals surface area contributed by atoms with Crippen LogP contribution in [0.2, 0.25) is 0 Å². The van der Waals surface area contributed by atoms with Crippen LogP contribution in [0.4, 0.5) is 0 Å². The molecule has 0 bridgehead atoms. The van der Waals surface area contributed by atoms with Crippen LogP contribution in [0.25, 0.3) is 0 Å². The second kappa shape index (κ2) is 4.86. The molecule has 2 rings (SSSR count). The summed E-state index contributed by atoms with van der Waals surface area (Å²) in [4.78, 5) is 0. The molecule has 1 aromatic carbocycles. The number of halogens is 1. The van der Waals surface area contributed by atoms with Gasteiger partial charge in [0.2, 0.25) is 0 Å². The van der Waals surface area contributed by atoms with E-state index >= 15 is 0 Å². The average Bonchev–Trinajstić information content (AvgIpc) is 2.73. The van der Waals surface area contributed by atoms with E-state index in [2.05, 4.69) is 15.9 Å². The molecule has 0 unspecified atom stereocenters. The summed E-state index contributed by atoms with van der Waals surface area (Å²) < 4.78 is 17.1. The van der Waals surface area contributed by atoms with E-state index in [4.69, 9.17) is 14.2 Å². The normalized spacial score (nSPS) is 20.3. The summed E-state index contributed by atoms with van der Waals surface area (Å²) in [6.07, 6.45) is 1.13. The van der Waals surface area contributed by atoms with Crippen LogP contribution in [-0.2, 0) is 4.74 Å². The Bertz CT molecular complexity index is 335. The van der Waals surface area contributed by atoms with E-state index in [1.807, 2.05) is 18.2 Å². The number of methoxy groups -OCH3 is 1. The van der Waals surface area contributed by atoms with Crippen molar-refractivity contribution in [2.75, 3.05) is 20.3 Å². The van der Waals surface area contributed by atoms with Crippen molar-refractivity contribution in [2.24, 2.45) is 0 Å². The number of ether oxygens (including phenoxy) is 3. The Hall–Kier alpha value is -0.740. The Morgan fingerprint density at radius 2 is 2.33 bits per heavy atom. The molecule has 82 valence electrons. The highest BCUT2D eigenvalue weighted by Crippen LogP contribution is 2.30. The quantitative estimate of drug-likeness (QED) is 0.847. The van der Waals surface area contributed by atoms with Crippen molar-refractivity contribution < 1.29 is 14.2 Å². The maximum Gasteiger partial charge on any atom is 0.136 e. The molecule has 0 radical (unpaired) electrons. The summed E-state index contributed by atoms with van der Waals surface area (Å²) in [6, 6.07) is 5.72. The zero-order valence-electron chi connectivity index (χ0n) is 8.53. The monoisotopic (exact) mass is 272 g/mol. The van der Waals surface area contributed by atoms with E-state index in [1.165, 1.54) is 0 Å². The molecule has 1 atom stereocenters. The molecule has 1 fully saturated rings. The molecule has 0 N–H and O–H groups in total. The number of hydrogen-bond donors (Lipinski definition) is 0. The van der Waals surface area contributed by atoms with Crippen molar-refractivity contribution in [1.82, 2.24) is 0 Å². The third-order valence-corrected chi connectivity index (χ3v) is 2.97. The molecule has 15 heavy (non-hydrogen) atoms. The lowest BCUT2D eigenvalue weighted by atomic mass is 10.3. The molecule has 0 spiro atoms. The molecule has 1 aromatic rings. The first-order valence-corrected chi connectivity index (χ1v) is 5.67.